The third kappa shape index (κ3) is 1.70. The van der Waals surface area contributed by atoms with E-state index in [2.05, 4.69) is 13.8 Å². The quantitative estimate of drug-likeness (QED) is 0.506. The van der Waals surface area contributed by atoms with Crippen LogP contribution in [0.4, 0.5) is 0 Å². The molecule has 1 saturated carbocycles. The smallest absolute Gasteiger partial charge is 0.0391 e. The Morgan fingerprint density at radius 2 is 1.89 bits per heavy atom. The van der Waals surface area contributed by atoms with Gasteiger partial charge in [0, 0.05) is 0 Å². The number of rotatable bonds is 1. The van der Waals surface area contributed by atoms with Crippen molar-refractivity contribution in [1.82, 2.24) is 0 Å². The molecular weight excluding hydrogens is 108 g/mol. The summed E-state index contributed by atoms with van der Waals surface area (Å²) >= 11 is 0. The predicted molar refractivity (Wildman–Crippen MR) is 41.4 cm³/mol. The van der Waals surface area contributed by atoms with Crippen LogP contribution in [0.5, 0.6) is 0 Å². The van der Waals surface area contributed by atoms with Crippen LogP contribution >= 0.6 is 0 Å². The summed E-state index contributed by atoms with van der Waals surface area (Å²) in [4.78, 5) is 0. The number of hydrogen-bond acceptors (Lipinski definition) is 0. The van der Waals surface area contributed by atoms with Gasteiger partial charge in [-0.1, -0.05) is 46.0 Å². The Labute approximate surface area is 58.7 Å². The van der Waals surface area contributed by atoms with Gasteiger partial charge in [-0.2, -0.15) is 0 Å². The second kappa shape index (κ2) is 3.24. The summed E-state index contributed by atoms with van der Waals surface area (Å²) in [7, 11) is 0. The van der Waals surface area contributed by atoms with E-state index in [4.69, 9.17) is 0 Å². The molecule has 0 nitrogen and oxygen atoms in total. The van der Waals surface area contributed by atoms with Gasteiger partial charge in [0.2, 0.25) is 0 Å². The van der Waals surface area contributed by atoms with E-state index in [0.29, 0.717) is 0 Å². The van der Waals surface area contributed by atoms with Crippen molar-refractivity contribution in [2.75, 3.05) is 0 Å². The third-order valence-corrected chi connectivity index (χ3v) is 2.81. The molecule has 1 rings (SSSR count). The maximum Gasteiger partial charge on any atom is -0.0391 e. The molecule has 1 aliphatic rings. The van der Waals surface area contributed by atoms with E-state index in [0.717, 1.165) is 11.8 Å². The molecule has 9 heavy (non-hydrogen) atoms. The first-order chi connectivity index (χ1) is 4.34. The van der Waals surface area contributed by atoms with Crippen molar-refractivity contribution in [1.29, 1.82) is 0 Å². The van der Waals surface area contributed by atoms with Crippen molar-refractivity contribution in [2.24, 2.45) is 11.8 Å². The Bertz CT molecular complexity index is 76.1. The maximum absolute atomic E-state index is 2.41. The molecule has 0 heteroatoms. The summed E-state index contributed by atoms with van der Waals surface area (Å²) in [5.41, 5.74) is 0. The fraction of sp³-hybridized carbons (Fsp3) is 1.00. The third-order valence-electron chi connectivity index (χ3n) is 2.81. The molecule has 0 aromatic heterocycles. The summed E-state index contributed by atoms with van der Waals surface area (Å²) in [6.45, 7) is 4.74. The van der Waals surface area contributed by atoms with Gasteiger partial charge in [0.25, 0.3) is 0 Å². The summed E-state index contributed by atoms with van der Waals surface area (Å²) in [6, 6.07) is 0. The lowest BCUT2D eigenvalue weighted by Gasteiger charge is -2.27. The van der Waals surface area contributed by atoms with Crippen LogP contribution in [0.1, 0.15) is 46.0 Å². The molecule has 0 aromatic carbocycles. The highest BCUT2D eigenvalue weighted by atomic mass is 14.2. The molecule has 0 spiro atoms. The molecule has 0 unspecified atom stereocenters. The van der Waals surface area contributed by atoms with E-state index in [1.807, 2.05) is 0 Å². The van der Waals surface area contributed by atoms with Crippen molar-refractivity contribution in [2.45, 2.75) is 46.0 Å². The van der Waals surface area contributed by atoms with Gasteiger partial charge in [-0.15, -0.1) is 0 Å². The molecule has 0 aliphatic heterocycles. The highest BCUT2D eigenvalue weighted by Gasteiger charge is 2.18. The van der Waals surface area contributed by atoms with Gasteiger partial charge in [-0.05, 0) is 11.8 Å². The van der Waals surface area contributed by atoms with Crippen molar-refractivity contribution in [3.05, 3.63) is 0 Å². The van der Waals surface area contributed by atoms with Gasteiger partial charge in [0.1, 0.15) is 0 Å². The summed E-state index contributed by atoms with van der Waals surface area (Å²) in [5.74, 6) is 2.07. The summed E-state index contributed by atoms with van der Waals surface area (Å²) in [5, 5.41) is 0. The Balaban J connectivity index is 2.30. The van der Waals surface area contributed by atoms with Crippen LogP contribution in [0.2, 0.25) is 0 Å². The topological polar surface area (TPSA) is 0 Å². The SMILES string of the molecule is CC[C@@H]1CCCC[C@H]1C. The zero-order valence-electron chi connectivity index (χ0n) is 6.69. The first kappa shape index (κ1) is 7.11. The van der Waals surface area contributed by atoms with Crippen LogP contribution < -0.4 is 0 Å². The predicted octanol–water partition coefficient (Wildman–Crippen LogP) is 3.22. The second-order valence-corrected chi connectivity index (χ2v) is 3.43. The van der Waals surface area contributed by atoms with Gasteiger partial charge >= 0.3 is 0 Å². The molecule has 0 heterocycles. The fourth-order valence-electron chi connectivity index (χ4n) is 2.00. The lowest BCUT2D eigenvalue weighted by molar-refractivity contribution is 0.249. The molecule has 1 aliphatic carbocycles. The van der Waals surface area contributed by atoms with Gasteiger partial charge in [-0.25, -0.2) is 0 Å². The van der Waals surface area contributed by atoms with Crippen molar-refractivity contribution >= 4 is 0 Å². The molecule has 1 fully saturated rings. The molecule has 2 atom stereocenters. The van der Waals surface area contributed by atoms with E-state index in [-0.39, 0.29) is 0 Å². The summed E-state index contributed by atoms with van der Waals surface area (Å²) < 4.78 is 0. The molecule has 0 N–H and O–H groups in total. The van der Waals surface area contributed by atoms with Crippen molar-refractivity contribution in [3.8, 4) is 0 Å². The molecule has 0 aromatic rings. The lowest BCUT2D eigenvalue weighted by Crippen LogP contribution is -2.15. The van der Waals surface area contributed by atoms with Crippen LogP contribution in [-0.4, -0.2) is 0 Å². The molecule has 0 saturated heterocycles. The zero-order chi connectivity index (χ0) is 6.69. The van der Waals surface area contributed by atoms with E-state index in [9.17, 15) is 0 Å². The second-order valence-electron chi connectivity index (χ2n) is 3.43. The van der Waals surface area contributed by atoms with Gasteiger partial charge < -0.3 is 0 Å². The van der Waals surface area contributed by atoms with Crippen LogP contribution in [-0.2, 0) is 0 Å². The van der Waals surface area contributed by atoms with Gasteiger partial charge in [0.15, 0.2) is 0 Å². The Morgan fingerprint density at radius 3 is 2.33 bits per heavy atom. The van der Waals surface area contributed by atoms with E-state index in [1.54, 1.807) is 0 Å². The first-order valence-corrected chi connectivity index (χ1v) is 4.34. The lowest BCUT2D eigenvalue weighted by atomic mass is 9.79. The summed E-state index contributed by atoms with van der Waals surface area (Å²) in [6.07, 6.45) is 7.36. The normalized spacial score (nSPS) is 36.7. The molecule has 0 radical (unpaired) electrons. The highest BCUT2D eigenvalue weighted by molar-refractivity contribution is 4.70. The average molecular weight is 126 g/mol. The van der Waals surface area contributed by atoms with Crippen molar-refractivity contribution < 1.29 is 0 Å². The van der Waals surface area contributed by atoms with Gasteiger partial charge in [0.05, 0.1) is 0 Å². The minimum atomic E-state index is 1.02. The largest absolute Gasteiger partial charge is 0.0651 e. The minimum Gasteiger partial charge on any atom is -0.0651 e. The Morgan fingerprint density at radius 1 is 1.22 bits per heavy atom. The van der Waals surface area contributed by atoms with Gasteiger partial charge in [-0.3, -0.25) is 0 Å². The highest BCUT2D eigenvalue weighted by Crippen LogP contribution is 2.31. The van der Waals surface area contributed by atoms with E-state index in [1.165, 1.54) is 32.1 Å². The minimum absolute atomic E-state index is 1.02. The zero-order valence-corrected chi connectivity index (χ0v) is 6.69. The Hall–Kier alpha value is 0. The van der Waals surface area contributed by atoms with Crippen molar-refractivity contribution in [3.63, 3.8) is 0 Å². The van der Waals surface area contributed by atoms with E-state index >= 15 is 0 Å². The van der Waals surface area contributed by atoms with Crippen LogP contribution in [0.3, 0.4) is 0 Å². The van der Waals surface area contributed by atoms with E-state index < -0.39 is 0 Å². The Kier molecular flexibility index (Phi) is 2.56. The standard InChI is InChI=1S/C9H18/c1-3-9-7-5-4-6-8(9)2/h8-9H,3-7H2,1-2H3/t8-,9-/m1/s1. The molecule has 0 bridgehead atoms. The fourth-order valence-corrected chi connectivity index (χ4v) is 2.00. The maximum atomic E-state index is 2.41. The van der Waals surface area contributed by atoms with Crippen LogP contribution in [0, 0.1) is 11.8 Å². The first-order valence-electron chi connectivity index (χ1n) is 4.34. The average Bonchev–Trinajstić information content (AvgIpc) is 1.89. The number of hydrogen-bond donors (Lipinski definition) is 0. The van der Waals surface area contributed by atoms with Crippen LogP contribution in [0.25, 0.3) is 0 Å². The monoisotopic (exact) mass is 126 g/mol. The van der Waals surface area contributed by atoms with Crippen LogP contribution in [0.15, 0.2) is 0 Å². The molecule has 54 valence electrons. The molecular formula is C9H18. The molecule has 0 amide bonds.